The van der Waals surface area contributed by atoms with Crippen LogP contribution in [0.1, 0.15) is 26.2 Å². The Balaban J connectivity index is 0.00000208. The topological polar surface area (TPSA) is 54.0 Å². The summed E-state index contributed by atoms with van der Waals surface area (Å²) >= 11 is 1.62. The molecule has 6 heteroatoms. The van der Waals surface area contributed by atoms with E-state index in [1.807, 2.05) is 29.6 Å². The van der Waals surface area contributed by atoms with Gasteiger partial charge < -0.3 is 10.6 Å². The molecule has 0 spiro atoms. The second-order valence-electron chi connectivity index (χ2n) is 6.25. The third-order valence-electron chi connectivity index (χ3n) is 4.50. The molecule has 1 fully saturated rings. The van der Waals surface area contributed by atoms with Crippen LogP contribution in [0.25, 0.3) is 10.6 Å². The van der Waals surface area contributed by atoms with E-state index in [1.165, 1.54) is 12.8 Å². The molecule has 3 rings (SSSR count). The third kappa shape index (κ3) is 5.03. The molecule has 1 aliphatic heterocycles. The summed E-state index contributed by atoms with van der Waals surface area (Å²) in [7, 11) is 0. The monoisotopic (exact) mass is 365 g/mol. The van der Waals surface area contributed by atoms with E-state index in [2.05, 4.69) is 22.5 Å². The number of hydrogen-bond acceptors (Lipinski definition) is 4. The van der Waals surface area contributed by atoms with Crippen LogP contribution in [0.4, 0.5) is 5.69 Å². The van der Waals surface area contributed by atoms with E-state index in [1.54, 1.807) is 17.5 Å². The maximum atomic E-state index is 12.2. The number of amides is 1. The Hall–Kier alpha value is -1.43. The van der Waals surface area contributed by atoms with E-state index in [4.69, 9.17) is 0 Å². The van der Waals surface area contributed by atoms with Gasteiger partial charge in [0.2, 0.25) is 5.91 Å². The highest BCUT2D eigenvalue weighted by molar-refractivity contribution is 7.13. The molecule has 1 saturated heterocycles. The van der Waals surface area contributed by atoms with Crippen molar-refractivity contribution in [3.63, 3.8) is 0 Å². The molecule has 1 aromatic carbocycles. The normalized spacial score (nSPS) is 18.5. The average molecular weight is 366 g/mol. The van der Waals surface area contributed by atoms with Crippen molar-refractivity contribution < 1.29 is 4.79 Å². The minimum absolute atomic E-state index is 0. The van der Waals surface area contributed by atoms with Crippen molar-refractivity contribution in [2.24, 2.45) is 11.8 Å². The highest BCUT2D eigenvalue weighted by atomic mass is 35.5. The van der Waals surface area contributed by atoms with Crippen LogP contribution < -0.4 is 10.6 Å². The standard InChI is InChI=1S/C18H23N3OS.ClH/c1-13(15-3-2-8-19-12-15)11-17(22)21-16-6-4-14(5-7-16)18-20-9-10-23-18;/h4-7,9-10,13,15,19H,2-3,8,11-12H2,1H3,(H,21,22);1H. The number of anilines is 1. The van der Waals surface area contributed by atoms with Gasteiger partial charge in [-0.15, -0.1) is 23.7 Å². The Morgan fingerprint density at radius 1 is 1.42 bits per heavy atom. The number of hydrogen-bond donors (Lipinski definition) is 2. The summed E-state index contributed by atoms with van der Waals surface area (Å²) in [6.45, 7) is 4.33. The zero-order chi connectivity index (χ0) is 16.1. The van der Waals surface area contributed by atoms with Gasteiger partial charge in [-0.1, -0.05) is 6.92 Å². The van der Waals surface area contributed by atoms with E-state index in [-0.39, 0.29) is 18.3 Å². The number of aromatic nitrogens is 1. The van der Waals surface area contributed by atoms with Crippen molar-refractivity contribution >= 4 is 35.3 Å². The molecule has 0 radical (unpaired) electrons. The third-order valence-corrected chi connectivity index (χ3v) is 5.32. The number of nitrogens with one attached hydrogen (secondary N) is 2. The molecule has 2 unspecified atom stereocenters. The van der Waals surface area contributed by atoms with Crippen LogP contribution in [0.15, 0.2) is 35.8 Å². The first-order chi connectivity index (χ1) is 11.2. The van der Waals surface area contributed by atoms with Crippen LogP contribution in [0, 0.1) is 11.8 Å². The molecule has 0 saturated carbocycles. The van der Waals surface area contributed by atoms with Gasteiger partial charge in [-0.05, 0) is 62.0 Å². The summed E-state index contributed by atoms with van der Waals surface area (Å²) in [5, 5.41) is 9.40. The zero-order valence-electron chi connectivity index (χ0n) is 13.8. The van der Waals surface area contributed by atoms with E-state index in [0.717, 1.165) is 29.3 Å². The highest BCUT2D eigenvalue weighted by Gasteiger charge is 2.22. The summed E-state index contributed by atoms with van der Waals surface area (Å²) < 4.78 is 0. The van der Waals surface area contributed by atoms with Gasteiger partial charge in [0.25, 0.3) is 0 Å². The van der Waals surface area contributed by atoms with Crippen LogP contribution >= 0.6 is 23.7 Å². The lowest BCUT2D eigenvalue weighted by Gasteiger charge is -2.28. The van der Waals surface area contributed by atoms with Gasteiger partial charge in [-0.3, -0.25) is 4.79 Å². The van der Waals surface area contributed by atoms with E-state index in [9.17, 15) is 4.79 Å². The van der Waals surface area contributed by atoms with Gasteiger partial charge >= 0.3 is 0 Å². The van der Waals surface area contributed by atoms with Crippen LogP contribution in [-0.4, -0.2) is 24.0 Å². The number of nitrogens with zero attached hydrogens (tertiary/aromatic N) is 1. The molecule has 130 valence electrons. The molecule has 2 atom stereocenters. The second kappa shape index (κ2) is 9.16. The highest BCUT2D eigenvalue weighted by Crippen LogP contribution is 2.25. The summed E-state index contributed by atoms with van der Waals surface area (Å²) in [6.07, 6.45) is 4.83. The number of benzene rings is 1. The predicted molar refractivity (Wildman–Crippen MR) is 103 cm³/mol. The molecule has 2 heterocycles. The lowest BCUT2D eigenvalue weighted by Crippen LogP contribution is -2.34. The van der Waals surface area contributed by atoms with E-state index < -0.39 is 0 Å². The zero-order valence-corrected chi connectivity index (χ0v) is 15.5. The maximum absolute atomic E-state index is 12.2. The fraction of sp³-hybridized carbons (Fsp3) is 0.444. The molecule has 4 nitrogen and oxygen atoms in total. The molecular formula is C18H24ClN3OS. The Morgan fingerprint density at radius 2 is 2.21 bits per heavy atom. The molecule has 1 aliphatic rings. The van der Waals surface area contributed by atoms with Crippen molar-refractivity contribution in [1.82, 2.24) is 10.3 Å². The number of carbonyl (C=O) groups excluding carboxylic acids is 1. The maximum Gasteiger partial charge on any atom is 0.224 e. The Kier molecular flexibility index (Phi) is 7.21. The number of piperidine rings is 1. The molecule has 1 amide bonds. The summed E-state index contributed by atoms with van der Waals surface area (Å²) in [6, 6.07) is 7.90. The number of halogens is 1. The van der Waals surface area contributed by atoms with Crippen LogP contribution in [0.3, 0.4) is 0 Å². The molecule has 0 aliphatic carbocycles. The fourth-order valence-corrected chi connectivity index (χ4v) is 3.74. The van der Waals surface area contributed by atoms with Gasteiger partial charge in [-0.2, -0.15) is 0 Å². The van der Waals surface area contributed by atoms with Gasteiger partial charge in [0.15, 0.2) is 0 Å². The Morgan fingerprint density at radius 3 is 2.83 bits per heavy atom. The van der Waals surface area contributed by atoms with Gasteiger partial charge in [-0.25, -0.2) is 4.98 Å². The number of carbonyl (C=O) groups is 1. The first-order valence-electron chi connectivity index (χ1n) is 8.23. The van der Waals surface area contributed by atoms with Crippen LogP contribution in [0.2, 0.25) is 0 Å². The van der Waals surface area contributed by atoms with Gasteiger partial charge in [0.05, 0.1) is 0 Å². The molecule has 24 heavy (non-hydrogen) atoms. The first-order valence-corrected chi connectivity index (χ1v) is 9.11. The fourth-order valence-electron chi connectivity index (χ4n) is 3.10. The van der Waals surface area contributed by atoms with Crippen LogP contribution in [0.5, 0.6) is 0 Å². The lowest BCUT2D eigenvalue weighted by atomic mass is 9.85. The predicted octanol–water partition coefficient (Wildman–Crippen LogP) is 4.20. The Labute approximate surface area is 153 Å². The average Bonchev–Trinajstić information content (AvgIpc) is 3.11. The minimum atomic E-state index is 0. The SMILES string of the molecule is CC(CC(=O)Nc1ccc(-c2nccs2)cc1)C1CCCNC1.Cl. The molecule has 2 aromatic rings. The number of thiazole rings is 1. The Bertz CT molecular complexity index is 624. The largest absolute Gasteiger partial charge is 0.326 e. The van der Waals surface area contributed by atoms with Gasteiger partial charge in [0, 0.05) is 29.2 Å². The molecular weight excluding hydrogens is 342 g/mol. The molecule has 1 aromatic heterocycles. The van der Waals surface area contributed by atoms with E-state index in [0.29, 0.717) is 18.3 Å². The van der Waals surface area contributed by atoms with Crippen molar-refractivity contribution in [3.05, 3.63) is 35.8 Å². The second-order valence-corrected chi connectivity index (χ2v) is 7.15. The van der Waals surface area contributed by atoms with Crippen molar-refractivity contribution in [3.8, 4) is 10.6 Å². The van der Waals surface area contributed by atoms with Gasteiger partial charge in [0.1, 0.15) is 5.01 Å². The number of rotatable bonds is 5. The van der Waals surface area contributed by atoms with E-state index >= 15 is 0 Å². The van der Waals surface area contributed by atoms with Crippen molar-refractivity contribution in [2.75, 3.05) is 18.4 Å². The van der Waals surface area contributed by atoms with Crippen molar-refractivity contribution in [2.45, 2.75) is 26.2 Å². The lowest BCUT2D eigenvalue weighted by molar-refractivity contribution is -0.117. The molecule has 2 N–H and O–H groups in total. The minimum Gasteiger partial charge on any atom is -0.326 e. The summed E-state index contributed by atoms with van der Waals surface area (Å²) in [5.41, 5.74) is 1.93. The van der Waals surface area contributed by atoms with Crippen molar-refractivity contribution in [1.29, 1.82) is 0 Å². The smallest absolute Gasteiger partial charge is 0.224 e. The first kappa shape index (κ1) is 18.9. The van der Waals surface area contributed by atoms with Crippen LogP contribution in [-0.2, 0) is 4.79 Å². The summed E-state index contributed by atoms with van der Waals surface area (Å²) in [4.78, 5) is 16.5. The summed E-state index contributed by atoms with van der Waals surface area (Å²) in [5.74, 6) is 1.13. The quantitative estimate of drug-likeness (QED) is 0.835. The molecule has 0 bridgehead atoms.